The van der Waals surface area contributed by atoms with E-state index in [9.17, 15) is 0 Å². The average molecular weight is 201 g/mol. The largest absolute Gasteiger partial charge is 0.385 e. The molecule has 14 heavy (non-hydrogen) atoms. The van der Waals surface area contributed by atoms with Crippen molar-refractivity contribution in [3.05, 3.63) is 0 Å². The van der Waals surface area contributed by atoms with Crippen molar-refractivity contribution in [2.75, 3.05) is 20.3 Å². The normalized spacial score (nSPS) is 15.4. The van der Waals surface area contributed by atoms with E-state index in [1.807, 2.05) is 0 Å². The Morgan fingerprint density at radius 1 is 1.21 bits per heavy atom. The first-order valence-electron chi connectivity index (χ1n) is 5.96. The van der Waals surface area contributed by atoms with E-state index in [1.54, 1.807) is 7.11 Å². The highest BCUT2D eigenvalue weighted by molar-refractivity contribution is 4.65. The van der Waals surface area contributed by atoms with Crippen molar-refractivity contribution in [3.63, 3.8) is 0 Å². The second-order valence-corrected chi connectivity index (χ2v) is 4.15. The molecule has 0 spiro atoms. The van der Waals surface area contributed by atoms with Crippen LogP contribution in [0.5, 0.6) is 0 Å². The van der Waals surface area contributed by atoms with Crippen molar-refractivity contribution < 1.29 is 4.74 Å². The Bertz CT molecular complexity index is 117. The highest BCUT2D eigenvalue weighted by Crippen LogP contribution is 2.10. The van der Waals surface area contributed by atoms with Gasteiger partial charge >= 0.3 is 0 Å². The maximum atomic E-state index is 5.12. The van der Waals surface area contributed by atoms with Crippen LogP contribution in [0.3, 0.4) is 0 Å². The minimum Gasteiger partial charge on any atom is -0.385 e. The zero-order valence-corrected chi connectivity index (χ0v) is 10.3. The van der Waals surface area contributed by atoms with E-state index in [4.69, 9.17) is 4.74 Å². The quantitative estimate of drug-likeness (QED) is 0.619. The summed E-state index contributed by atoms with van der Waals surface area (Å²) in [6, 6.07) is 0.650. The Hall–Kier alpha value is -0.0800. The molecule has 0 heterocycles. The lowest BCUT2D eigenvalue weighted by Gasteiger charge is -2.19. The van der Waals surface area contributed by atoms with Gasteiger partial charge in [0.1, 0.15) is 0 Å². The SMILES string of the molecule is CCC[C@H](CCOC)CN[C@@H](C)CC. The second-order valence-electron chi connectivity index (χ2n) is 4.15. The van der Waals surface area contributed by atoms with Crippen LogP contribution < -0.4 is 5.32 Å². The summed E-state index contributed by atoms with van der Waals surface area (Å²) in [5.74, 6) is 0.786. The first-order valence-corrected chi connectivity index (χ1v) is 5.96. The van der Waals surface area contributed by atoms with Crippen LogP contribution >= 0.6 is 0 Å². The van der Waals surface area contributed by atoms with Gasteiger partial charge in [-0.25, -0.2) is 0 Å². The molecule has 0 saturated heterocycles. The van der Waals surface area contributed by atoms with Gasteiger partial charge in [0.15, 0.2) is 0 Å². The van der Waals surface area contributed by atoms with Crippen LogP contribution in [-0.4, -0.2) is 26.3 Å². The number of nitrogens with one attached hydrogen (secondary N) is 1. The molecular weight excluding hydrogens is 174 g/mol. The van der Waals surface area contributed by atoms with Crippen molar-refractivity contribution in [1.82, 2.24) is 5.32 Å². The first-order chi connectivity index (χ1) is 6.74. The molecule has 2 atom stereocenters. The standard InChI is InChI=1S/C12H27NO/c1-5-7-12(8-9-14-4)10-13-11(3)6-2/h11-13H,5-10H2,1-4H3/t11-,12+/m0/s1. The molecule has 1 N–H and O–H groups in total. The highest BCUT2D eigenvalue weighted by Gasteiger charge is 2.08. The topological polar surface area (TPSA) is 21.3 Å². The third-order valence-electron chi connectivity index (χ3n) is 2.79. The van der Waals surface area contributed by atoms with Crippen LogP contribution in [0.15, 0.2) is 0 Å². The molecule has 2 nitrogen and oxygen atoms in total. The van der Waals surface area contributed by atoms with E-state index in [0.29, 0.717) is 6.04 Å². The third kappa shape index (κ3) is 7.34. The fourth-order valence-corrected chi connectivity index (χ4v) is 1.55. The van der Waals surface area contributed by atoms with E-state index in [1.165, 1.54) is 25.7 Å². The minimum absolute atomic E-state index is 0.650. The van der Waals surface area contributed by atoms with Gasteiger partial charge in [-0.15, -0.1) is 0 Å². The van der Waals surface area contributed by atoms with E-state index in [2.05, 4.69) is 26.1 Å². The lowest BCUT2D eigenvalue weighted by Crippen LogP contribution is -2.31. The minimum atomic E-state index is 0.650. The molecule has 0 aromatic heterocycles. The van der Waals surface area contributed by atoms with Crippen LogP contribution in [0.4, 0.5) is 0 Å². The van der Waals surface area contributed by atoms with Crippen LogP contribution in [0.2, 0.25) is 0 Å². The van der Waals surface area contributed by atoms with Gasteiger partial charge in [-0.1, -0.05) is 20.3 Å². The monoisotopic (exact) mass is 201 g/mol. The smallest absolute Gasteiger partial charge is 0.0465 e. The van der Waals surface area contributed by atoms with Gasteiger partial charge < -0.3 is 10.1 Å². The van der Waals surface area contributed by atoms with Gasteiger partial charge in [0.05, 0.1) is 0 Å². The fourth-order valence-electron chi connectivity index (χ4n) is 1.55. The predicted molar refractivity (Wildman–Crippen MR) is 62.6 cm³/mol. The number of methoxy groups -OCH3 is 1. The van der Waals surface area contributed by atoms with E-state index >= 15 is 0 Å². The van der Waals surface area contributed by atoms with Crippen molar-refractivity contribution >= 4 is 0 Å². The van der Waals surface area contributed by atoms with Crippen molar-refractivity contribution in [2.45, 2.75) is 52.5 Å². The predicted octanol–water partition coefficient (Wildman–Crippen LogP) is 2.83. The Morgan fingerprint density at radius 3 is 2.43 bits per heavy atom. The van der Waals surface area contributed by atoms with Gasteiger partial charge in [-0.3, -0.25) is 0 Å². The summed E-state index contributed by atoms with van der Waals surface area (Å²) in [6.07, 6.45) is 4.99. The fraction of sp³-hybridized carbons (Fsp3) is 1.00. The molecule has 0 rings (SSSR count). The summed E-state index contributed by atoms with van der Waals surface area (Å²) in [5, 5.41) is 3.57. The van der Waals surface area contributed by atoms with Gasteiger partial charge in [0, 0.05) is 19.8 Å². The third-order valence-corrected chi connectivity index (χ3v) is 2.79. The van der Waals surface area contributed by atoms with Gasteiger partial charge in [-0.05, 0) is 38.6 Å². The highest BCUT2D eigenvalue weighted by atomic mass is 16.5. The molecule has 86 valence electrons. The van der Waals surface area contributed by atoms with Crippen LogP contribution in [0.25, 0.3) is 0 Å². The molecule has 0 fully saturated rings. The van der Waals surface area contributed by atoms with Crippen LogP contribution in [0.1, 0.15) is 46.5 Å². The lowest BCUT2D eigenvalue weighted by atomic mass is 10.00. The maximum Gasteiger partial charge on any atom is 0.0465 e. The zero-order valence-electron chi connectivity index (χ0n) is 10.3. The number of hydrogen-bond donors (Lipinski definition) is 1. The van der Waals surface area contributed by atoms with Crippen molar-refractivity contribution in [2.24, 2.45) is 5.92 Å². The number of ether oxygens (including phenoxy) is 1. The molecule has 0 aromatic carbocycles. The molecule has 2 heteroatoms. The first kappa shape index (κ1) is 13.9. The maximum absolute atomic E-state index is 5.12. The number of rotatable bonds is 9. The summed E-state index contributed by atoms with van der Waals surface area (Å²) in [6.45, 7) is 8.77. The van der Waals surface area contributed by atoms with E-state index in [0.717, 1.165) is 19.1 Å². The molecule has 0 aliphatic rings. The second kappa shape index (κ2) is 9.47. The number of hydrogen-bond acceptors (Lipinski definition) is 2. The molecule has 0 bridgehead atoms. The molecule has 0 radical (unpaired) electrons. The van der Waals surface area contributed by atoms with Gasteiger partial charge in [0.25, 0.3) is 0 Å². The van der Waals surface area contributed by atoms with Crippen molar-refractivity contribution in [3.8, 4) is 0 Å². The molecule has 0 aromatic rings. The molecule has 0 saturated carbocycles. The zero-order chi connectivity index (χ0) is 10.8. The lowest BCUT2D eigenvalue weighted by molar-refractivity contribution is 0.173. The molecule has 0 aliphatic heterocycles. The summed E-state index contributed by atoms with van der Waals surface area (Å²) < 4.78 is 5.12. The Labute approximate surface area is 89.4 Å². The average Bonchev–Trinajstić information content (AvgIpc) is 2.21. The molecule has 0 unspecified atom stereocenters. The Morgan fingerprint density at radius 2 is 1.93 bits per heavy atom. The van der Waals surface area contributed by atoms with Crippen molar-refractivity contribution in [1.29, 1.82) is 0 Å². The van der Waals surface area contributed by atoms with Gasteiger partial charge in [0.2, 0.25) is 0 Å². The summed E-state index contributed by atoms with van der Waals surface area (Å²) in [7, 11) is 1.78. The summed E-state index contributed by atoms with van der Waals surface area (Å²) in [4.78, 5) is 0. The molecule has 0 aliphatic carbocycles. The van der Waals surface area contributed by atoms with Gasteiger partial charge in [-0.2, -0.15) is 0 Å². The van der Waals surface area contributed by atoms with E-state index in [-0.39, 0.29) is 0 Å². The van der Waals surface area contributed by atoms with Crippen LogP contribution in [-0.2, 0) is 4.74 Å². The Balaban J connectivity index is 3.60. The Kier molecular flexibility index (Phi) is 9.42. The van der Waals surface area contributed by atoms with E-state index < -0.39 is 0 Å². The summed E-state index contributed by atoms with van der Waals surface area (Å²) >= 11 is 0. The summed E-state index contributed by atoms with van der Waals surface area (Å²) in [5.41, 5.74) is 0. The molecular formula is C12H27NO. The van der Waals surface area contributed by atoms with Crippen LogP contribution in [0, 0.1) is 5.92 Å². The molecule has 0 amide bonds.